The summed E-state index contributed by atoms with van der Waals surface area (Å²) in [6, 6.07) is 9.14. The molecule has 9 heteroatoms. The van der Waals surface area contributed by atoms with E-state index in [1.54, 1.807) is 32.0 Å². The van der Waals surface area contributed by atoms with Gasteiger partial charge in [0.25, 0.3) is 5.91 Å². The van der Waals surface area contributed by atoms with E-state index in [9.17, 15) is 13.2 Å². The van der Waals surface area contributed by atoms with Crippen LogP contribution in [0.4, 0.5) is 5.69 Å². The van der Waals surface area contributed by atoms with Gasteiger partial charge in [-0.1, -0.05) is 25.4 Å². The number of amides is 1. The molecule has 1 N–H and O–H groups in total. The molecule has 7 nitrogen and oxygen atoms in total. The van der Waals surface area contributed by atoms with Crippen LogP contribution in [0.3, 0.4) is 0 Å². The minimum absolute atomic E-state index is 0.0212. The smallest absolute Gasteiger partial charge is 0.257 e. The Kier molecular flexibility index (Phi) is 6.12. The fourth-order valence-electron chi connectivity index (χ4n) is 2.87. The molecule has 0 radical (unpaired) electrons. The van der Waals surface area contributed by atoms with E-state index in [4.69, 9.17) is 21.1 Å². The van der Waals surface area contributed by atoms with E-state index in [-0.39, 0.29) is 15.5 Å². The van der Waals surface area contributed by atoms with Gasteiger partial charge in [-0.25, -0.2) is 8.42 Å². The van der Waals surface area contributed by atoms with Gasteiger partial charge < -0.3 is 14.8 Å². The number of ether oxygens (including phenoxy) is 2. The van der Waals surface area contributed by atoms with Gasteiger partial charge >= 0.3 is 0 Å². The van der Waals surface area contributed by atoms with E-state index in [1.165, 1.54) is 22.5 Å². The van der Waals surface area contributed by atoms with Gasteiger partial charge in [-0.3, -0.25) is 4.79 Å². The highest BCUT2D eigenvalue weighted by Gasteiger charge is 2.24. The minimum atomic E-state index is -3.70. The summed E-state index contributed by atoms with van der Waals surface area (Å²) >= 11 is 6.16. The standard InChI is InChI=1S/C19H21ClN2O5S/c1-3-22(4-2)28(24,25)14-6-7-16(20)15(12-14)19(23)21-13-5-8-17-18(11-13)27-10-9-26-17/h5-8,11-12H,3-4,9-10H2,1-2H3,(H,21,23). The maximum Gasteiger partial charge on any atom is 0.257 e. The van der Waals surface area contributed by atoms with E-state index in [1.807, 2.05) is 0 Å². The Labute approximate surface area is 169 Å². The van der Waals surface area contributed by atoms with Crippen LogP contribution < -0.4 is 14.8 Å². The fraction of sp³-hybridized carbons (Fsp3) is 0.316. The van der Waals surface area contributed by atoms with E-state index in [2.05, 4.69) is 5.32 Å². The first kappa shape index (κ1) is 20.4. The van der Waals surface area contributed by atoms with Crippen LogP contribution in [-0.2, 0) is 10.0 Å². The molecule has 0 saturated heterocycles. The number of fused-ring (bicyclic) bond motifs is 1. The van der Waals surface area contributed by atoms with E-state index in [0.717, 1.165) is 0 Å². The van der Waals surface area contributed by atoms with E-state index < -0.39 is 15.9 Å². The van der Waals surface area contributed by atoms with Gasteiger partial charge in [0.05, 0.1) is 15.5 Å². The maximum atomic E-state index is 12.7. The molecule has 1 heterocycles. The molecule has 3 rings (SSSR count). The second-order valence-electron chi connectivity index (χ2n) is 6.04. The first-order valence-electron chi connectivity index (χ1n) is 8.87. The van der Waals surface area contributed by atoms with Crippen LogP contribution in [0.25, 0.3) is 0 Å². The van der Waals surface area contributed by atoms with Crippen LogP contribution in [0.15, 0.2) is 41.3 Å². The molecule has 2 aromatic rings. The lowest BCUT2D eigenvalue weighted by Gasteiger charge is -2.20. The predicted molar refractivity (Wildman–Crippen MR) is 107 cm³/mol. The normalized spacial score (nSPS) is 13.4. The topological polar surface area (TPSA) is 84.9 Å². The Morgan fingerprint density at radius 1 is 1.07 bits per heavy atom. The number of carbonyl (C=O) groups excluding carboxylic acids is 1. The van der Waals surface area contributed by atoms with Crippen molar-refractivity contribution in [3.63, 3.8) is 0 Å². The Hall–Kier alpha value is -2.29. The molecule has 0 spiro atoms. The van der Waals surface area contributed by atoms with Crippen molar-refractivity contribution < 1.29 is 22.7 Å². The molecular weight excluding hydrogens is 404 g/mol. The third-order valence-electron chi connectivity index (χ3n) is 4.33. The largest absolute Gasteiger partial charge is 0.486 e. The quantitative estimate of drug-likeness (QED) is 0.768. The molecule has 0 aliphatic carbocycles. The summed E-state index contributed by atoms with van der Waals surface area (Å²) < 4.78 is 37.7. The van der Waals surface area contributed by atoms with Crippen LogP contribution in [0.2, 0.25) is 5.02 Å². The van der Waals surface area contributed by atoms with E-state index in [0.29, 0.717) is 43.5 Å². The molecule has 150 valence electrons. The van der Waals surface area contributed by atoms with Crippen molar-refractivity contribution in [2.45, 2.75) is 18.7 Å². The van der Waals surface area contributed by atoms with Crippen LogP contribution in [0.5, 0.6) is 11.5 Å². The SMILES string of the molecule is CCN(CC)S(=O)(=O)c1ccc(Cl)c(C(=O)Nc2ccc3c(c2)OCCO3)c1. The summed E-state index contributed by atoms with van der Waals surface area (Å²) in [7, 11) is -3.70. The summed E-state index contributed by atoms with van der Waals surface area (Å²) in [5.41, 5.74) is 0.562. The van der Waals surface area contributed by atoms with Crippen molar-refractivity contribution >= 4 is 33.2 Å². The Morgan fingerprint density at radius 2 is 1.75 bits per heavy atom. The highest BCUT2D eigenvalue weighted by atomic mass is 35.5. The first-order chi connectivity index (χ1) is 13.4. The number of carbonyl (C=O) groups is 1. The highest BCUT2D eigenvalue weighted by Crippen LogP contribution is 2.33. The Morgan fingerprint density at radius 3 is 2.43 bits per heavy atom. The lowest BCUT2D eigenvalue weighted by molar-refractivity contribution is 0.102. The molecule has 1 aliphatic heterocycles. The average Bonchev–Trinajstić information content (AvgIpc) is 2.68. The molecule has 28 heavy (non-hydrogen) atoms. The maximum absolute atomic E-state index is 12.7. The van der Waals surface area contributed by atoms with Crippen LogP contribution in [0.1, 0.15) is 24.2 Å². The van der Waals surface area contributed by atoms with Crippen molar-refractivity contribution in [2.75, 3.05) is 31.6 Å². The van der Waals surface area contributed by atoms with E-state index >= 15 is 0 Å². The average molecular weight is 425 g/mol. The third-order valence-corrected chi connectivity index (χ3v) is 6.70. The number of hydrogen-bond donors (Lipinski definition) is 1. The monoisotopic (exact) mass is 424 g/mol. The van der Waals surface area contributed by atoms with Gasteiger partial charge in [0, 0.05) is 24.8 Å². The zero-order valence-corrected chi connectivity index (χ0v) is 17.1. The number of nitrogens with zero attached hydrogens (tertiary/aromatic N) is 1. The number of nitrogens with one attached hydrogen (secondary N) is 1. The van der Waals surface area contributed by atoms with Crippen molar-refractivity contribution in [1.29, 1.82) is 0 Å². The molecule has 1 aliphatic rings. The third kappa shape index (κ3) is 4.09. The second kappa shape index (κ2) is 8.38. The lowest BCUT2D eigenvalue weighted by Crippen LogP contribution is -2.30. The summed E-state index contributed by atoms with van der Waals surface area (Å²) in [5.74, 6) is 0.626. The number of rotatable bonds is 6. The lowest BCUT2D eigenvalue weighted by atomic mass is 10.2. The number of hydrogen-bond acceptors (Lipinski definition) is 5. The van der Waals surface area contributed by atoms with Gasteiger partial charge in [0.1, 0.15) is 13.2 Å². The summed E-state index contributed by atoms with van der Waals surface area (Å²) in [6.07, 6.45) is 0. The van der Waals surface area contributed by atoms with Gasteiger partial charge in [-0.05, 0) is 30.3 Å². The highest BCUT2D eigenvalue weighted by molar-refractivity contribution is 7.89. The van der Waals surface area contributed by atoms with Gasteiger partial charge in [0.2, 0.25) is 10.0 Å². The molecule has 0 atom stereocenters. The first-order valence-corrected chi connectivity index (χ1v) is 10.7. The molecule has 0 bridgehead atoms. The summed E-state index contributed by atoms with van der Waals surface area (Å²) in [6.45, 7) is 5.09. The van der Waals surface area contributed by atoms with Crippen molar-refractivity contribution in [3.8, 4) is 11.5 Å². The van der Waals surface area contributed by atoms with Crippen molar-refractivity contribution in [3.05, 3.63) is 47.0 Å². The molecule has 0 saturated carbocycles. The number of sulfonamides is 1. The Bertz CT molecular complexity index is 990. The number of benzene rings is 2. The minimum Gasteiger partial charge on any atom is -0.486 e. The van der Waals surface area contributed by atoms with Crippen LogP contribution in [-0.4, -0.2) is 44.9 Å². The number of anilines is 1. The van der Waals surface area contributed by atoms with Gasteiger partial charge in [-0.2, -0.15) is 4.31 Å². The van der Waals surface area contributed by atoms with Crippen LogP contribution >= 0.6 is 11.6 Å². The van der Waals surface area contributed by atoms with Gasteiger partial charge in [0.15, 0.2) is 11.5 Å². The molecular formula is C19H21ClN2O5S. The summed E-state index contributed by atoms with van der Waals surface area (Å²) in [5, 5.41) is 2.88. The molecule has 0 unspecified atom stereocenters. The zero-order valence-electron chi connectivity index (χ0n) is 15.6. The zero-order chi connectivity index (χ0) is 20.3. The molecule has 0 aromatic heterocycles. The Balaban J connectivity index is 1.88. The molecule has 2 aromatic carbocycles. The molecule has 1 amide bonds. The summed E-state index contributed by atoms with van der Waals surface area (Å²) in [4.78, 5) is 12.7. The predicted octanol–water partition coefficient (Wildman–Crippen LogP) is 3.39. The second-order valence-corrected chi connectivity index (χ2v) is 8.39. The number of halogens is 1. The van der Waals surface area contributed by atoms with Gasteiger partial charge in [-0.15, -0.1) is 0 Å². The van der Waals surface area contributed by atoms with Crippen LogP contribution in [0, 0.1) is 0 Å². The molecule has 0 fully saturated rings. The van der Waals surface area contributed by atoms with Crippen molar-refractivity contribution in [1.82, 2.24) is 4.31 Å². The fourth-order valence-corrected chi connectivity index (χ4v) is 4.56. The van der Waals surface area contributed by atoms with Crippen molar-refractivity contribution in [2.24, 2.45) is 0 Å².